The molecular formula is C23H20N2O6. The first-order valence-electron chi connectivity index (χ1n) is 9.48. The van der Waals surface area contributed by atoms with Gasteiger partial charge < -0.3 is 19.1 Å². The lowest BCUT2D eigenvalue weighted by Crippen LogP contribution is -2.29. The van der Waals surface area contributed by atoms with E-state index in [-0.39, 0.29) is 17.2 Å². The summed E-state index contributed by atoms with van der Waals surface area (Å²) in [7, 11) is 3.00. The molecule has 1 N–H and O–H groups in total. The molecule has 1 saturated heterocycles. The zero-order valence-corrected chi connectivity index (χ0v) is 17.2. The molecule has 1 fully saturated rings. The quantitative estimate of drug-likeness (QED) is 0.382. The van der Waals surface area contributed by atoms with Gasteiger partial charge in [0, 0.05) is 11.6 Å². The molecule has 2 aromatic carbocycles. The summed E-state index contributed by atoms with van der Waals surface area (Å²) in [4.78, 5) is 27.3. The average Bonchev–Trinajstić information content (AvgIpc) is 3.34. The maximum atomic E-state index is 13.0. The Morgan fingerprint density at radius 1 is 1.03 bits per heavy atom. The van der Waals surface area contributed by atoms with Crippen molar-refractivity contribution in [1.82, 2.24) is 5.16 Å². The van der Waals surface area contributed by atoms with Crippen molar-refractivity contribution in [3.63, 3.8) is 0 Å². The number of amides is 1. The van der Waals surface area contributed by atoms with Crippen molar-refractivity contribution in [3.05, 3.63) is 77.1 Å². The van der Waals surface area contributed by atoms with Crippen LogP contribution in [0.1, 0.15) is 22.9 Å². The van der Waals surface area contributed by atoms with Crippen LogP contribution in [0.3, 0.4) is 0 Å². The zero-order chi connectivity index (χ0) is 22.1. The number of anilines is 1. The number of benzene rings is 2. The van der Waals surface area contributed by atoms with Crippen molar-refractivity contribution >= 4 is 23.3 Å². The molecule has 0 aliphatic carbocycles. The van der Waals surface area contributed by atoms with E-state index in [0.29, 0.717) is 28.4 Å². The summed E-state index contributed by atoms with van der Waals surface area (Å²) in [6, 6.07) is 14.2. The highest BCUT2D eigenvalue weighted by molar-refractivity contribution is 6.51. The van der Waals surface area contributed by atoms with Crippen molar-refractivity contribution in [1.29, 1.82) is 0 Å². The number of hydrogen-bond acceptors (Lipinski definition) is 7. The number of hydrogen-bond donors (Lipinski definition) is 1. The molecule has 1 atom stereocenters. The van der Waals surface area contributed by atoms with E-state index >= 15 is 0 Å². The Bertz CT molecular complexity index is 1180. The number of methoxy groups -OCH3 is 2. The van der Waals surface area contributed by atoms with Crippen LogP contribution in [0.4, 0.5) is 5.82 Å². The third-order valence-corrected chi connectivity index (χ3v) is 5.08. The van der Waals surface area contributed by atoms with Gasteiger partial charge in [-0.2, -0.15) is 0 Å². The van der Waals surface area contributed by atoms with Gasteiger partial charge in [-0.3, -0.25) is 14.5 Å². The summed E-state index contributed by atoms with van der Waals surface area (Å²) >= 11 is 0. The Morgan fingerprint density at radius 3 is 2.35 bits per heavy atom. The van der Waals surface area contributed by atoms with E-state index in [9.17, 15) is 14.7 Å². The van der Waals surface area contributed by atoms with Crippen molar-refractivity contribution < 1.29 is 28.7 Å². The monoisotopic (exact) mass is 420 g/mol. The second-order valence-electron chi connectivity index (χ2n) is 6.95. The summed E-state index contributed by atoms with van der Waals surface area (Å²) in [5.74, 6) is -0.350. The van der Waals surface area contributed by atoms with Gasteiger partial charge in [0.25, 0.3) is 5.78 Å². The molecule has 8 heteroatoms. The number of aliphatic hydroxyl groups excluding tert-OH is 1. The smallest absolute Gasteiger partial charge is 0.301 e. The zero-order valence-electron chi connectivity index (χ0n) is 17.2. The molecule has 1 aliphatic heterocycles. The molecule has 4 rings (SSSR count). The number of aromatic nitrogens is 1. The van der Waals surface area contributed by atoms with Gasteiger partial charge in [0.1, 0.15) is 11.5 Å². The second kappa shape index (κ2) is 7.98. The first-order chi connectivity index (χ1) is 15.0. The molecule has 2 heterocycles. The van der Waals surface area contributed by atoms with Crippen LogP contribution in [0, 0.1) is 6.92 Å². The standard InChI is InChI=1S/C23H20N2O6/c1-13-11-18(24-31-13)25-20(15-9-10-16(29-2)17(12-15)30-3)19(22(27)23(25)28)21(26)14-7-5-4-6-8-14/h4-12,20,26H,1-3H3/b21-19+. The van der Waals surface area contributed by atoms with Crippen molar-refractivity contribution in [2.24, 2.45) is 0 Å². The summed E-state index contributed by atoms with van der Waals surface area (Å²) in [5, 5.41) is 14.9. The van der Waals surface area contributed by atoms with E-state index in [1.54, 1.807) is 61.5 Å². The number of aliphatic hydroxyl groups is 1. The SMILES string of the molecule is COc1ccc(C2/C(=C(\O)c3ccccc3)C(=O)C(=O)N2c2cc(C)on2)cc1OC. The predicted molar refractivity (Wildman–Crippen MR) is 112 cm³/mol. The number of ketones is 1. The largest absolute Gasteiger partial charge is 0.507 e. The van der Waals surface area contributed by atoms with Gasteiger partial charge >= 0.3 is 5.91 Å². The summed E-state index contributed by atoms with van der Waals surface area (Å²) in [6.07, 6.45) is 0. The average molecular weight is 420 g/mol. The third-order valence-electron chi connectivity index (χ3n) is 5.08. The maximum Gasteiger partial charge on any atom is 0.301 e. The number of ether oxygens (including phenoxy) is 2. The summed E-state index contributed by atoms with van der Waals surface area (Å²) in [6.45, 7) is 1.68. The van der Waals surface area contributed by atoms with Gasteiger partial charge in [-0.25, -0.2) is 0 Å². The minimum Gasteiger partial charge on any atom is -0.507 e. The molecule has 3 aromatic rings. The van der Waals surface area contributed by atoms with Crippen molar-refractivity contribution in [3.8, 4) is 11.5 Å². The Balaban J connectivity index is 1.96. The number of rotatable bonds is 5. The van der Waals surface area contributed by atoms with Crippen LogP contribution in [0.25, 0.3) is 5.76 Å². The van der Waals surface area contributed by atoms with Crippen LogP contribution < -0.4 is 14.4 Å². The Hall–Kier alpha value is -4.07. The minimum absolute atomic E-state index is 0.0518. The Morgan fingerprint density at radius 2 is 1.74 bits per heavy atom. The van der Waals surface area contributed by atoms with E-state index in [0.717, 1.165) is 0 Å². The van der Waals surface area contributed by atoms with E-state index in [4.69, 9.17) is 14.0 Å². The van der Waals surface area contributed by atoms with Crippen LogP contribution in [-0.4, -0.2) is 36.2 Å². The number of carbonyl (C=O) groups excluding carboxylic acids is 2. The van der Waals surface area contributed by atoms with Crippen LogP contribution in [0.15, 0.2) is 64.7 Å². The maximum absolute atomic E-state index is 13.0. The molecule has 1 aromatic heterocycles. The Kier molecular flexibility index (Phi) is 5.21. The highest BCUT2D eigenvalue weighted by atomic mass is 16.5. The molecule has 0 radical (unpaired) electrons. The van der Waals surface area contributed by atoms with Gasteiger partial charge in [-0.15, -0.1) is 0 Å². The number of carbonyl (C=O) groups is 2. The lowest BCUT2D eigenvalue weighted by molar-refractivity contribution is -0.132. The normalized spacial score (nSPS) is 17.8. The van der Waals surface area contributed by atoms with E-state index in [2.05, 4.69) is 5.16 Å². The molecule has 158 valence electrons. The molecule has 1 aliphatic rings. The first kappa shape index (κ1) is 20.2. The topological polar surface area (TPSA) is 102 Å². The first-order valence-corrected chi connectivity index (χ1v) is 9.48. The van der Waals surface area contributed by atoms with Gasteiger partial charge in [0.15, 0.2) is 17.3 Å². The van der Waals surface area contributed by atoms with Crippen molar-refractivity contribution in [2.45, 2.75) is 13.0 Å². The molecular weight excluding hydrogens is 400 g/mol. The summed E-state index contributed by atoms with van der Waals surface area (Å²) in [5.41, 5.74) is 0.904. The van der Waals surface area contributed by atoms with E-state index in [1.165, 1.54) is 19.1 Å². The number of Topliss-reactive ketones (excluding diaryl/α,β-unsaturated/α-hetero) is 1. The lowest BCUT2D eigenvalue weighted by Gasteiger charge is -2.23. The van der Waals surface area contributed by atoms with Crippen LogP contribution in [0.5, 0.6) is 11.5 Å². The van der Waals surface area contributed by atoms with Gasteiger partial charge in [0.05, 0.1) is 25.8 Å². The van der Waals surface area contributed by atoms with Gasteiger partial charge in [-0.05, 0) is 24.6 Å². The fraction of sp³-hybridized carbons (Fsp3) is 0.174. The number of nitrogens with zero attached hydrogens (tertiary/aromatic N) is 2. The third kappa shape index (κ3) is 3.42. The summed E-state index contributed by atoms with van der Waals surface area (Å²) < 4.78 is 15.8. The molecule has 31 heavy (non-hydrogen) atoms. The predicted octanol–water partition coefficient (Wildman–Crippen LogP) is 3.63. The van der Waals surface area contributed by atoms with Gasteiger partial charge in [-0.1, -0.05) is 41.6 Å². The van der Waals surface area contributed by atoms with E-state index < -0.39 is 17.7 Å². The fourth-order valence-corrected chi connectivity index (χ4v) is 3.63. The Labute approximate surface area is 178 Å². The van der Waals surface area contributed by atoms with Crippen LogP contribution in [0.2, 0.25) is 0 Å². The fourth-order valence-electron chi connectivity index (χ4n) is 3.63. The molecule has 1 amide bonds. The van der Waals surface area contributed by atoms with Gasteiger partial charge in [0.2, 0.25) is 0 Å². The van der Waals surface area contributed by atoms with Crippen molar-refractivity contribution in [2.75, 3.05) is 19.1 Å². The van der Waals surface area contributed by atoms with Crippen LogP contribution >= 0.6 is 0 Å². The molecule has 0 bridgehead atoms. The van der Waals surface area contributed by atoms with E-state index in [1.807, 2.05) is 0 Å². The minimum atomic E-state index is -0.940. The molecule has 1 unspecified atom stereocenters. The molecule has 8 nitrogen and oxygen atoms in total. The molecule has 0 spiro atoms. The van der Waals surface area contributed by atoms with Crippen LogP contribution in [-0.2, 0) is 9.59 Å². The number of aryl methyl sites for hydroxylation is 1. The highest BCUT2D eigenvalue weighted by Crippen LogP contribution is 2.43. The molecule has 0 saturated carbocycles. The highest BCUT2D eigenvalue weighted by Gasteiger charge is 2.48. The lowest BCUT2D eigenvalue weighted by atomic mass is 9.95. The second-order valence-corrected chi connectivity index (χ2v) is 6.95.